The fraction of sp³-hybridized carbons (Fsp3) is 0.700. The minimum Gasteiger partial charge on any atom is -0.410 e. The fourth-order valence-electron chi connectivity index (χ4n) is 1.20. The number of esters is 1. The molecule has 0 radical (unpaired) electrons. The largest absolute Gasteiger partial charge is 0.410 e. The molecule has 0 aromatic rings. The summed E-state index contributed by atoms with van der Waals surface area (Å²) in [5.74, 6) is -0.810. The van der Waals surface area contributed by atoms with Gasteiger partial charge in [0.25, 0.3) is 10.1 Å². The van der Waals surface area contributed by atoms with Gasteiger partial charge in [0.15, 0.2) is 0 Å². The highest BCUT2D eigenvalue weighted by molar-refractivity contribution is 7.85. The lowest BCUT2D eigenvalue weighted by Gasteiger charge is -2.34. The van der Waals surface area contributed by atoms with Crippen LogP contribution in [0.5, 0.6) is 0 Å². The number of carbonyl (C=O) groups excluding carboxylic acids is 1. The van der Waals surface area contributed by atoms with Crippen molar-refractivity contribution >= 4 is 16.1 Å². The molecular formula is C10H20NO5S+. The summed E-state index contributed by atoms with van der Waals surface area (Å²) in [6.07, 6.45) is 0.957. The molecule has 0 rings (SSSR count). The van der Waals surface area contributed by atoms with Crippen molar-refractivity contribution in [2.45, 2.75) is 19.6 Å². The second-order valence-electron chi connectivity index (χ2n) is 4.38. The Hall–Kier alpha value is -0.920. The van der Waals surface area contributed by atoms with Gasteiger partial charge in [0.05, 0.1) is 26.4 Å². The van der Waals surface area contributed by atoms with E-state index in [0.29, 0.717) is 17.4 Å². The van der Waals surface area contributed by atoms with Crippen LogP contribution in [0.2, 0.25) is 0 Å². The highest BCUT2D eigenvalue weighted by atomic mass is 32.2. The van der Waals surface area contributed by atoms with Crippen LogP contribution in [0.25, 0.3) is 0 Å². The van der Waals surface area contributed by atoms with E-state index >= 15 is 0 Å². The Bertz CT molecular complexity index is 374. The van der Waals surface area contributed by atoms with E-state index in [1.165, 1.54) is 0 Å². The van der Waals surface area contributed by atoms with Gasteiger partial charge in [0, 0.05) is 19.4 Å². The molecular weight excluding hydrogens is 246 g/mol. The van der Waals surface area contributed by atoms with Crippen molar-refractivity contribution in [1.29, 1.82) is 0 Å². The number of quaternary nitrogens is 1. The van der Waals surface area contributed by atoms with Crippen molar-refractivity contribution in [2.75, 3.05) is 26.4 Å². The number of rotatable bonds is 7. The number of hydrogen-bond acceptors (Lipinski definition) is 4. The molecule has 1 N–H and O–H groups in total. The standard InChI is InChI=1S/C10H19NO5S/c1-5-10(12)16-9(2)11(3,4)7-6-8-17(13,14)15/h5,9H,1,6-8H2,2-4H3/p+1. The summed E-state index contributed by atoms with van der Waals surface area (Å²) in [5.41, 5.74) is 0. The van der Waals surface area contributed by atoms with Crippen molar-refractivity contribution in [3.63, 3.8) is 0 Å². The van der Waals surface area contributed by atoms with Crippen molar-refractivity contribution < 1.29 is 27.0 Å². The van der Waals surface area contributed by atoms with Crippen LogP contribution in [0.4, 0.5) is 0 Å². The third-order valence-electron chi connectivity index (χ3n) is 2.57. The molecule has 0 heterocycles. The zero-order chi connectivity index (χ0) is 13.7. The van der Waals surface area contributed by atoms with E-state index in [4.69, 9.17) is 9.29 Å². The number of nitrogens with zero attached hydrogens (tertiary/aromatic N) is 1. The first kappa shape index (κ1) is 16.1. The van der Waals surface area contributed by atoms with Crippen LogP contribution in [-0.4, -0.2) is 56.0 Å². The molecule has 0 bridgehead atoms. The quantitative estimate of drug-likeness (QED) is 0.237. The Morgan fingerprint density at radius 3 is 2.47 bits per heavy atom. The maximum absolute atomic E-state index is 11.0. The molecule has 6 nitrogen and oxygen atoms in total. The van der Waals surface area contributed by atoms with Gasteiger partial charge in [-0.1, -0.05) is 6.58 Å². The van der Waals surface area contributed by atoms with Crippen LogP contribution in [0, 0.1) is 0 Å². The Labute approximate surface area is 102 Å². The van der Waals surface area contributed by atoms with Crippen molar-refractivity contribution in [3.8, 4) is 0 Å². The Kier molecular flexibility index (Phi) is 5.80. The van der Waals surface area contributed by atoms with E-state index in [9.17, 15) is 13.2 Å². The lowest BCUT2D eigenvalue weighted by atomic mass is 10.3. The second-order valence-corrected chi connectivity index (χ2v) is 5.95. The fourth-order valence-corrected chi connectivity index (χ4v) is 1.69. The number of carbonyl (C=O) groups is 1. The zero-order valence-electron chi connectivity index (χ0n) is 10.4. The predicted octanol–water partition coefficient (Wildman–Crippen LogP) is 0.416. The SMILES string of the molecule is C=CC(=O)OC(C)[N+](C)(C)CCCS(=O)(=O)O. The minimum absolute atomic E-state index is 0.293. The van der Waals surface area contributed by atoms with Crippen LogP contribution >= 0.6 is 0 Å². The van der Waals surface area contributed by atoms with Crippen LogP contribution in [0.15, 0.2) is 12.7 Å². The normalized spacial score (nSPS) is 14.1. The topological polar surface area (TPSA) is 80.7 Å². The van der Waals surface area contributed by atoms with E-state index < -0.39 is 22.3 Å². The molecule has 1 unspecified atom stereocenters. The first-order chi connectivity index (χ1) is 7.58. The summed E-state index contributed by atoms with van der Waals surface area (Å²) in [5, 5.41) is 0. The molecule has 0 saturated carbocycles. The lowest BCUT2D eigenvalue weighted by Crippen LogP contribution is -2.50. The van der Waals surface area contributed by atoms with Crippen LogP contribution in [0.1, 0.15) is 13.3 Å². The Morgan fingerprint density at radius 2 is 2.06 bits per heavy atom. The van der Waals surface area contributed by atoms with Gasteiger partial charge in [0.1, 0.15) is 0 Å². The van der Waals surface area contributed by atoms with E-state index in [1.54, 1.807) is 6.92 Å². The second kappa shape index (κ2) is 6.13. The van der Waals surface area contributed by atoms with Crippen molar-refractivity contribution in [3.05, 3.63) is 12.7 Å². The maximum Gasteiger partial charge on any atom is 0.334 e. The maximum atomic E-state index is 11.0. The molecule has 100 valence electrons. The van der Waals surface area contributed by atoms with Crippen LogP contribution < -0.4 is 0 Å². The molecule has 0 aliphatic carbocycles. The summed E-state index contributed by atoms with van der Waals surface area (Å²) < 4.78 is 35.1. The predicted molar refractivity (Wildman–Crippen MR) is 63.8 cm³/mol. The molecule has 0 aromatic heterocycles. The van der Waals surface area contributed by atoms with Gasteiger partial charge in [-0.2, -0.15) is 8.42 Å². The molecule has 0 aliphatic rings. The van der Waals surface area contributed by atoms with Gasteiger partial charge in [-0.05, 0) is 0 Å². The van der Waals surface area contributed by atoms with Crippen molar-refractivity contribution in [2.24, 2.45) is 0 Å². The summed E-state index contributed by atoms with van der Waals surface area (Å²) in [4.78, 5) is 11.0. The highest BCUT2D eigenvalue weighted by Gasteiger charge is 2.26. The van der Waals surface area contributed by atoms with Gasteiger partial charge < -0.3 is 4.74 Å². The average Bonchev–Trinajstić information content (AvgIpc) is 2.14. The first-order valence-electron chi connectivity index (χ1n) is 5.19. The van der Waals surface area contributed by atoms with E-state index in [0.717, 1.165) is 6.08 Å². The van der Waals surface area contributed by atoms with Gasteiger partial charge in [-0.25, -0.2) is 4.79 Å². The number of ether oxygens (including phenoxy) is 1. The first-order valence-corrected chi connectivity index (χ1v) is 6.80. The molecule has 1 atom stereocenters. The molecule has 0 aliphatic heterocycles. The minimum atomic E-state index is -3.93. The summed E-state index contributed by atoms with van der Waals surface area (Å²) in [6, 6.07) is 0. The van der Waals surface area contributed by atoms with E-state index in [-0.39, 0.29) is 5.75 Å². The van der Waals surface area contributed by atoms with E-state index in [2.05, 4.69) is 6.58 Å². The smallest absolute Gasteiger partial charge is 0.334 e. The van der Waals surface area contributed by atoms with Gasteiger partial charge >= 0.3 is 5.97 Å². The summed E-state index contributed by atoms with van der Waals surface area (Å²) in [7, 11) is -0.313. The molecule has 7 heteroatoms. The lowest BCUT2D eigenvalue weighted by molar-refractivity contribution is -0.932. The molecule has 0 saturated heterocycles. The monoisotopic (exact) mass is 266 g/mol. The molecule has 0 fully saturated rings. The van der Waals surface area contributed by atoms with Crippen molar-refractivity contribution in [1.82, 2.24) is 0 Å². The van der Waals surface area contributed by atoms with E-state index in [1.807, 2.05) is 14.1 Å². The third-order valence-corrected chi connectivity index (χ3v) is 3.38. The van der Waals surface area contributed by atoms with Crippen LogP contribution in [-0.2, 0) is 19.6 Å². The van der Waals surface area contributed by atoms with Gasteiger partial charge in [-0.15, -0.1) is 0 Å². The summed E-state index contributed by atoms with van der Waals surface area (Å²) >= 11 is 0. The molecule has 0 spiro atoms. The zero-order valence-corrected chi connectivity index (χ0v) is 11.2. The highest BCUT2D eigenvalue weighted by Crippen LogP contribution is 2.10. The third kappa shape index (κ3) is 7.09. The Morgan fingerprint density at radius 1 is 1.53 bits per heavy atom. The van der Waals surface area contributed by atoms with Crippen LogP contribution in [0.3, 0.4) is 0 Å². The Balaban J connectivity index is 4.26. The molecule has 0 amide bonds. The summed E-state index contributed by atoms with van der Waals surface area (Å²) in [6.45, 7) is 5.48. The molecule has 0 aromatic carbocycles. The number of hydrogen-bond donors (Lipinski definition) is 1. The van der Waals surface area contributed by atoms with Gasteiger partial charge in [0.2, 0.25) is 6.23 Å². The average molecular weight is 266 g/mol. The van der Waals surface area contributed by atoms with Gasteiger partial charge in [-0.3, -0.25) is 9.04 Å². The molecule has 17 heavy (non-hydrogen) atoms.